The summed E-state index contributed by atoms with van der Waals surface area (Å²) in [5.41, 5.74) is 10.8. The molecular formula is C45H28N6. The summed E-state index contributed by atoms with van der Waals surface area (Å²) < 4.78 is 4.81. The van der Waals surface area contributed by atoms with Gasteiger partial charge < -0.3 is 9.13 Å². The Labute approximate surface area is 293 Å². The Morgan fingerprint density at radius 1 is 0.353 bits per heavy atom. The van der Waals surface area contributed by atoms with Crippen LogP contribution in [0.4, 0.5) is 17.3 Å². The van der Waals surface area contributed by atoms with Gasteiger partial charge in [0, 0.05) is 38.4 Å². The molecule has 4 heterocycles. The van der Waals surface area contributed by atoms with E-state index in [4.69, 9.17) is 15.0 Å². The lowest BCUT2D eigenvalue weighted by molar-refractivity contribution is 1.00. The van der Waals surface area contributed by atoms with Crippen molar-refractivity contribution in [2.75, 3.05) is 4.90 Å². The first kappa shape index (κ1) is 27.9. The number of anilines is 3. The zero-order valence-corrected chi connectivity index (χ0v) is 27.3. The largest absolute Gasteiger partial charge is 0.309 e. The molecule has 6 heteroatoms. The lowest BCUT2D eigenvalue weighted by Gasteiger charge is -2.31. The Morgan fingerprint density at radius 2 is 0.882 bits per heavy atom. The first-order valence-electron chi connectivity index (χ1n) is 17.1. The van der Waals surface area contributed by atoms with E-state index < -0.39 is 0 Å². The Kier molecular flexibility index (Phi) is 5.86. The highest BCUT2D eigenvalue weighted by atomic mass is 15.3. The van der Waals surface area contributed by atoms with E-state index in [9.17, 15) is 0 Å². The summed E-state index contributed by atoms with van der Waals surface area (Å²) in [6.45, 7) is 0. The number of hydrogen-bond acceptors (Lipinski definition) is 4. The molecule has 0 radical (unpaired) electrons. The minimum Gasteiger partial charge on any atom is -0.309 e. The van der Waals surface area contributed by atoms with Crippen LogP contribution in [0.15, 0.2) is 170 Å². The molecule has 51 heavy (non-hydrogen) atoms. The van der Waals surface area contributed by atoms with Gasteiger partial charge in [-0.15, -0.1) is 0 Å². The van der Waals surface area contributed by atoms with Crippen molar-refractivity contribution in [2.24, 2.45) is 0 Å². The molecule has 6 nitrogen and oxygen atoms in total. The highest BCUT2D eigenvalue weighted by molar-refractivity contribution is 6.30. The van der Waals surface area contributed by atoms with Crippen LogP contribution in [-0.4, -0.2) is 24.1 Å². The van der Waals surface area contributed by atoms with Crippen molar-refractivity contribution >= 4 is 60.9 Å². The predicted octanol–water partition coefficient (Wildman–Crippen LogP) is 11.2. The molecule has 0 amide bonds. The van der Waals surface area contributed by atoms with Crippen molar-refractivity contribution in [1.82, 2.24) is 24.1 Å². The quantitative estimate of drug-likeness (QED) is 0.190. The average molecular weight is 653 g/mol. The van der Waals surface area contributed by atoms with Crippen LogP contribution in [0.3, 0.4) is 0 Å². The van der Waals surface area contributed by atoms with E-state index in [2.05, 4.69) is 123 Å². The average Bonchev–Trinajstić information content (AvgIpc) is 3.73. The first-order chi connectivity index (χ1) is 25.3. The molecule has 238 valence electrons. The van der Waals surface area contributed by atoms with Crippen molar-refractivity contribution in [3.63, 3.8) is 0 Å². The van der Waals surface area contributed by atoms with Crippen LogP contribution in [-0.2, 0) is 0 Å². The number of rotatable bonds is 4. The molecule has 11 rings (SSSR count). The van der Waals surface area contributed by atoms with E-state index in [1.54, 1.807) is 0 Å². The van der Waals surface area contributed by atoms with Crippen LogP contribution in [0, 0.1) is 0 Å². The van der Waals surface area contributed by atoms with Crippen LogP contribution >= 0.6 is 0 Å². The molecule has 0 N–H and O–H groups in total. The van der Waals surface area contributed by atoms with Crippen LogP contribution in [0.1, 0.15) is 0 Å². The molecule has 0 fully saturated rings. The van der Waals surface area contributed by atoms with Gasteiger partial charge in [0.2, 0.25) is 5.95 Å². The maximum atomic E-state index is 5.18. The van der Waals surface area contributed by atoms with Crippen molar-refractivity contribution in [2.45, 2.75) is 0 Å². The molecule has 0 atom stereocenters. The molecule has 0 spiro atoms. The van der Waals surface area contributed by atoms with Crippen molar-refractivity contribution in [1.29, 1.82) is 0 Å². The zero-order valence-electron chi connectivity index (χ0n) is 27.3. The highest BCUT2D eigenvalue weighted by Crippen LogP contribution is 2.51. The van der Waals surface area contributed by atoms with E-state index in [1.807, 2.05) is 60.7 Å². The number of hydrogen-bond donors (Lipinski definition) is 0. The Bertz CT molecular complexity index is 2910. The Morgan fingerprint density at radius 3 is 1.59 bits per heavy atom. The predicted molar refractivity (Wildman–Crippen MR) is 208 cm³/mol. The standard InChI is InChI=1S/C45H28N6/c1-4-15-29(16-5-1)43-46-44(30-17-6-2-7-18-30)48-45(47-43)51-36-25-13-12-24-35(36)50-38-28-27-37-40(41(38)33-22-14-26-39(51)42(33)50)32-21-10-11-23-34(32)49(37)31-19-8-3-9-20-31/h1-28H. The van der Waals surface area contributed by atoms with Crippen molar-refractivity contribution in [3.05, 3.63) is 170 Å². The third-order valence-corrected chi connectivity index (χ3v) is 10.1. The summed E-state index contributed by atoms with van der Waals surface area (Å²) >= 11 is 0. The number of benzene rings is 7. The van der Waals surface area contributed by atoms with Crippen molar-refractivity contribution < 1.29 is 0 Å². The van der Waals surface area contributed by atoms with E-state index in [0.29, 0.717) is 17.6 Å². The van der Waals surface area contributed by atoms with Gasteiger partial charge >= 0.3 is 0 Å². The number of para-hydroxylation sites is 5. The van der Waals surface area contributed by atoms with E-state index in [1.165, 1.54) is 38.1 Å². The van der Waals surface area contributed by atoms with Gasteiger partial charge in [0.15, 0.2) is 11.6 Å². The SMILES string of the molecule is c1ccc(-c2nc(-c3ccccc3)nc(N3c4ccccc4-n4c5ccc6c(c7ccccc7n6-c6ccccc6)c5c5cccc3c54)n2)cc1. The van der Waals surface area contributed by atoms with Gasteiger partial charge in [-0.1, -0.05) is 121 Å². The molecule has 7 aromatic carbocycles. The fraction of sp³-hybridized carbons (Fsp3) is 0. The second-order valence-corrected chi connectivity index (χ2v) is 12.9. The van der Waals surface area contributed by atoms with Gasteiger partial charge in [0.1, 0.15) is 0 Å². The van der Waals surface area contributed by atoms with Crippen LogP contribution in [0.2, 0.25) is 0 Å². The topological polar surface area (TPSA) is 51.8 Å². The van der Waals surface area contributed by atoms with Crippen LogP contribution in [0.25, 0.3) is 77.8 Å². The lowest BCUT2D eigenvalue weighted by Crippen LogP contribution is -2.21. The highest BCUT2D eigenvalue weighted by Gasteiger charge is 2.31. The number of nitrogens with zero attached hydrogens (tertiary/aromatic N) is 6. The first-order valence-corrected chi connectivity index (χ1v) is 17.1. The monoisotopic (exact) mass is 652 g/mol. The van der Waals surface area contributed by atoms with Gasteiger partial charge in [-0.3, -0.25) is 4.90 Å². The van der Waals surface area contributed by atoms with Crippen LogP contribution < -0.4 is 4.90 Å². The van der Waals surface area contributed by atoms with E-state index >= 15 is 0 Å². The third kappa shape index (κ3) is 4.01. The fourth-order valence-electron chi connectivity index (χ4n) is 7.97. The second-order valence-electron chi connectivity index (χ2n) is 12.9. The van der Waals surface area contributed by atoms with Gasteiger partial charge in [-0.05, 0) is 48.5 Å². The Balaban J connectivity index is 1.25. The number of aromatic nitrogens is 5. The number of fused-ring (bicyclic) bond motifs is 9. The van der Waals surface area contributed by atoms with Crippen LogP contribution in [0.5, 0.6) is 0 Å². The molecule has 10 aromatic rings. The molecular weight excluding hydrogens is 625 g/mol. The van der Waals surface area contributed by atoms with E-state index in [-0.39, 0.29) is 0 Å². The molecule has 0 saturated carbocycles. The summed E-state index contributed by atoms with van der Waals surface area (Å²) in [5, 5.41) is 4.90. The summed E-state index contributed by atoms with van der Waals surface area (Å²) in [6.07, 6.45) is 0. The smallest absolute Gasteiger partial charge is 0.238 e. The fourth-order valence-corrected chi connectivity index (χ4v) is 7.97. The molecule has 3 aromatic heterocycles. The molecule has 0 unspecified atom stereocenters. The Hall–Kier alpha value is -7.05. The maximum absolute atomic E-state index is 5.18. The maximum Gasteiger partial charge on any atom is 0.238 e. The summed E-state index contributed by atoms with van der Waals surface area (Å²) in [6, 6.07) is 59.4. The van der Waals surface area contributed by atoms with E-state index in [0.717, 1.165) is 39.4 Å². The van der Waals surface area contributed by atoms with Gasteiger partial charge in [0.05, 0.1) is 39.1 Å². The van der Waals surface area contributed by atoms with Gasteiger partial charge in [-0.2, -0.15) is 9.97 Å². The second kappa shape index (κ2) is 10.7. The zero-order chi connectivity index (χ0) is 33.5. The third-order valence-electron chi connectivity index (χ3n) is 10.1. The van der Waals surface area contributed by atoms with Crippen molar-refractivity contribution in [3.8, 4) is 34.2 Å². The normalized spacial score (nSPS) is 12.3. The van der Waals surface area contributed by atoms with Gasteiger partial charge in [0.25, 0.3) is 0 Å². The summed E-state index contributed by atoms with van der Waals surface area (Å²) in [4.78, 5) is 17.6. The molecule has 0 aliphatic carbocycles. The lowest BCUT2D eigenvalue weighted by atomic mass is 10.0. The minimum absolute atomic E-state index is 0.574. The molecule has 1 aliphatic heterocycles. The molecule has 0 saturated heterocycles. The molecule has 1 aliphatic rings. The molecule has 0 bridgehead atoms. The summed E-state index contributed by atoms with van der Waals surface area (Å²) in [7, 11) is 0. The minimum atomic E-state index is 0.574. The summed E-state index contributed by atoms with van der Waals surface area (Å²) in [5.74, 6) is 1.83. The van der Waals surface area contributed by atoms with Gasteiger partial charge in [-0.25, -0.2) is 4.98 Å².